The average molecular weight is 246 g/mol. The first-order valence-corrected chi connectivity index (χ1v) is 7.16. The molecule has 0 amide bonds. The van der Waals surface area contributed by atoms with Crippen molar-refractivity contribution in [3.05, 3.63) is 35.4 Å². The zero-order chi connectivity index (χ0) is 13.0. The molecule has 1 aromatic rings. The quantitative estimate of drug-likeness (QED) is 0.878. The molecule has 1 aliphatic rings. The molecule has 1 fully saturated rings. The molecule has 0 aromatic heterocycles. The normalized spacial score (nSPS) is 19.9. The fraction of sp³-hybridized carbons (Fsp3) is 0.625. The second-order valence-corrected chi connectivity index (χ2v) is 5.57. The maximum absolute atomic E-state index is 3.30. The van der Waals surface area contributed by atoms with Crippen molar-refractivity contribution in [2.45, 2.75) is 32.7 Å². The third-order valence-corrected chi connectivity index (χ3v) is 4.33. The van der Waals surface area contributed by atoms with Gasteiger partial charge in [0.05, 0.1) is 0 Å². The Balaban J connectivity index is 1.95. The van der Waals surface area contributed by atoms with Crippen LogP contribution in [0.1, 0.15) is 36.9 Å². The van der Waals surface area contributed by atoms with Crippen molar-refractivity contribution in [3.8, 4) is 0 Å². The van der Waals surface area contributed by atoms with Crippen molar-refractivity contribution in [2.24, 2.45) is 5.92 Å². The van der Waals surface area contributed by atoms with Crippen LogP contribution in [0.3, 0.4) is 0 Å². The predicted octanol–water partition coefficient (Wildman–Crippen LogP) is 2.99. The molecule has 0 saturated carbocycles. The number of benzene rings is 1. The van der Waals surface area contributed by atoms with Gasteiger partial charge < -0.3 is 5.32 Å². The molecule has 0 radical (unpaired) electrons. The SMILES string of the molecule is CNCC1CCN(C(C)c2ccccc2C)CC1. The van der Waals surface area contributed by atoms with Crippen molar-refractivity contribution >= 4 is 0 Å². The molecule has 100 valence electrons. The summed E-state index contributed by atoms with van der Waals surface area (Å²) >= 11 is 0. The lowest BCUT2D eigenvalue weighted by atomic mass is 9.93. The number of rotatable bonds is 4. The molecule has 18 heavy (non-hydrogen) atoms. The Morgan fingerprint density at radius 3 is 2.56 bits per heavy atom. The number of hydrogen-bond acceptors (Lipinski definition) is 2. The minimum absolute atomic E-state index is 0.557. The molecule has 2 nitrogen and oxygen atoms in total. The highest BCUT2D eigenvalue weighted by atomic mass is 15.2. The van der Waals surface area contributed by atoms with Crippen molar-refractivity contribution in [2.75, 3.05) is 26.7 Å². The van der Waals surface area contributed by atoms with Gasteiger partial charge in [-0.3, -0.25) is 4.90 Å². The summed E-state index contributed by atoms with van der Waals surface area (Å²) in [6.07, 6.45) is 2.66. The second-order valence-electron chi connectivity index (χ2n) is 5.57. The summed E-state index contributed by atoms with van der Waals surface area (Å²) < 4.78 is 0. The molecule has 1 unspecified atom stereocenters. The van der Waals surface area contributed by atoms with Gasteiger partial charge in [-0.2, -0.15) is 0 Å². The summed E-state index contributed by atoms with van der Waals surface area (Å²) in [7, 11) is 2.06. The lowest BCUT2D eigenvalue weighted by Gasteiger charge is -2.36. The van der Waals surface area contributed by atoms with Gasteiger partial charge in [0.25, 0.3) is 0 Å². The van der Waals surface area contributed by atoms with Gasteiger partial charge in [-0.05, 0) is 70.4 Å². The Kier molecular flexibility index (Phi) is 4.79. The Hall–Kier alpha value is -0.860. The Labute approximate surface area is 111 Å². The molecule has 2 rings (SSSR count). The summed E-state index contributed by atoms with van der Waals surface area (Å²) in [6.45, 7) is 8.22. The molecule has 1 saturated heterocycles. The van der Waals surface area contributed by atoms with Gasteiger partial charge in [0.2, 0.25) is 0 Å². The number of likely N-dealkylation sites (tertiary alicyclic amines) is 1. The standard InChI is InChI=1S/C16H26N2/c1-13-6-4-5-7-16(13)14(2)18-10-8-15(9-11-18)12-17-3/h4-7,14-15,17H,8-12H2,1-3H3. The number of piperidine rings is 1. The first-order chi connectivity index (χ1) is 8.72. The smallest absolute Gasteiger partial charge is 0.0322 e. The Morgan fingerprint density at radius 1 is 1.28 bits per heavy atom. The van der Waals surface area contributed by atoms with Gasteiger partial charge in [0, 0.05) is 6.04 Å². The van der Waals surface area contributed by atoms with E-state index in [-0.39, 0.29) is 0 Å². The van der Waals surface area contributed by atoms with Gasteiger partial charge in [0.1, 0.15) is 0 Å². The van der Waals surface area contributed by atoms with Gasteiger partial charge in [-0.1, -0.05) is 24.3 Å². The van der Waals surface area contributed by atoms with E-state index in [1.54, 1.807) is 0 Å². The third kappa shape index (κ3) is 3.12. The van der Waals surface area contributed by atoms with Gasteiger partial charge >= 0.3 is 0 Å². The van der Waals surface area contributed by atoms with Crippen LogP contribution in [0.5, 0.6) is 0 Å². The van der Waals surface area contributed by atoms with Crippen LogP contribution in [0.2, 0.25) is 0 Å². The van der Waals surface area contributed by atoms with Crippen LogP contribution in [0.15, 0.2) is 24.3 Å². The number of hydrogen-bond donors (Lipinski definition) is 1. The lowest BCUT2D eigenvalue weighted by Crippen LogP contribution is -2.38. The monoisotopic (exact) mass is 246 g/mol. The minimum atomic E-state index is 0.557. The number of nitrogens with one attached hydrogen (secondary N) is 1. The Morgan fingerprint density at radius 2 is 1.94 bits per heavy atom. The summed E-state index contributed by atoms with van der Waals surface area (Å²) in [6, 6.07) is 9.35. The Bertz CT molecular complexity index is 367. The largest absolute Gasteiger partial charge is 0.319 e. The van der Waals surface area contributed by atoms with E-state index in [4.69, 9.17) is 0 Å². The topological polar surface area (TPSA) is 15.3 Å². The van der Waals surface area contributed by atoms with E-state index in [2.05, 4.69) is 55.4 Å². The fourth-order valence-electron chi connectivity index (χ4n) is 3.09. The van der Waals surface area contributed by atoms with Crippen LogP contribution in [0.25, 0.3) is 0 Å². The second kappa shape index (κ2) is 6.35. The van der Waals surface area contributed by atoms with E-state index in [9.17, 15) is 0 Å². The van der Waals surface area contributed by atoms with Crippen molar-refractivity contribution in [1.82, 2.24) is 10.2 Å². The van der Waals surface area contributed by atoms with Crippen LogP contribution in [-0.2, 0) is 0 Å². The summed E-state index contributed by atoms with van der Waals surface area (Å²) in [5.41, 5.74) is 2.91. The zero-order valence-corrected chi connectivity index (χ0v) is 11.9. The van der Waals surface area contributed by atoms with Crippen molar-refractivity contribution < 1.29 is 0 Å². The van der Waals surface area contributed by atoms with Gasteiger partial charge in [0.15, 0.2) is 0 Å². The van der Waals surface area contributed by atoms with Crippen LogP contribution >= 0.6 is 0 Å². The fourth-order valence-corrected chi connectivity index (χ4v) is 3.09. The van der Waals surface area contributed by atoms with Gasteiger partial charge in [-0.25, -0.2) is 0 Å². The van der Waals surface area contributed by atoms with Gasteiger partial charge in [-0.15, -0.1) is 0 Å². The van der Waals surface area contributed by atoms with Crippen LogP contribution in [0, 0.1) is 12.8 Å². The van der Waals surface area contributed by atoms with E-state index in [0.29, 0.717) is 6.04 Å². The summed E-state index contributed by atoms with van der Waals surface area (Å²) in [4.78, 5) is 2.63. The summed E-state index contributed by atoms with van der Waals surface area (Å²) in [5, 5.41) is 3.30. The number of aryl methyl sites for hydroxylation is 1. The molecule has 1 aliphatic heterocycles. The molecule has 1 atom stereocenters. The van der Waals surface area contributed by atoms with E-state index >= 15 is 0 Å². The molecule has 1 aromatic carbocycles. The van der Waals surface area contributed by atoms with Crippen molar-refractivity contribution in [3.63, 3.8) is 0 Å². The van der Waals surface area contributed by atoms with Crippen LogP contribution in [0.4, 0.5) is 0 Å². The minimum Gasteiger partial charge on any atom is -0.319 e. The zero-order valence-electron chi connectivity index (χ0n) is 11.9. The first-order valence-electron chi connectivity index (χ1n) is 7.16. The van der Waals surface area contributed by atoms with Crippen LogP contribution < -0.4 is 5.32 Å². The number of nitrogens with zero attached hydrogens (tertiary/aromatic N) is 1. The maximum atomic E-state index is 3.30. The van der Waals surface area contributed by atoms with E-state index in [1.165, 1.54) is 43.6 Å². The molecule has 2 heteroatoms. The highest BCUT2D eigenvalue weighted by Crippen LogP contribution is 2.27. The first kappa shape index (κ1) is 13.6. The predicted molar refractivity (Wildman–Crippen MR) is 77.8 cm³/mol. The maximum Gasteiger partial charge on any atom is 0.0322 e. The molecule has 1 heterocycles. The van der Waals surface area contributed by atoms with E-state index in [0.717, 1.165) is 5.92 Å². The molecular weight excluding hydrogens is 220 g/mol. The van der Waals surface area contributed by atoms with Crippen LogP contribution in [-0.4, -0.2) is 31.6 Å². The third-order valence-electron chi connectivity index (χ3n) is 4.33. The average Bonchev–Trinajstić information content (AvgIpc) is 2.40. The summed E-state index contributed by atoms with van der Waals surface area (Å²) in [5.74, 6) is 0.871. The van der Waals surface area contributed by atoms with E-state index < -0.39 is 0 Å². The molecule has 1 N–H and O–H groups in total. The molecule has 0 spiro atoms. The van der Waals surface area contributed by atoms with Crippen molar-refractivity contribution in [1.29, 1.82) is 0 Å². The highest BCUT2D eigenvalue weighted by molar-refractivity contribution is 5.28. The molecule has 0 aliphatic carbocycles. The van der Waals surface area contributed by atoms with E-state index in [1.807, 2.05) is 0 Å². The molecular formula is C16H26N2. The molecule has 0 bridgehead atoms. The highest BCUT2D eigenvalue weighted by Gasteiger charge is 2.23. The lowest BCUT2D eigenvalue weighted by molar-refractivity contribution is 0.140.